The molecule has 0 aliphatic carbocycles. The van der Waals surface area contributed by atoms with E-state index in [2.05, 4.69) is 55.6 Å². The zero-order chi connectivity index (χ0) is 17.7. The van der Waals surface area contributed by atoms with Gasteiger partial charge in [-0.15, -0.1) is 12.4 Å². The SMILES string of the molecule is CC(C)(c1ccccc1)c1ccc(OCCC2CCNCC2)c(Cl)c1.Cl. The molecule has 0 atom stereocenters. The van der Waals surface area contributed by atoms with Crippen molar-refractivity contribution < 1.29 is 4.74 Å². The number of nitrogens with one attached hydrogen (secondary N) is 1. The zero-order valence-corrected chi connectivity index (χ0v) is 17.2. The summed E-state index contributed by atoms with van der Waals surface area (Å²) in [4.78, 5) is 0. The third kappa shape index (κ3) is 5.16. The molecular weight excluding hydrogens is 365 g/mol. The molecule has 0 aromatic heterocycles. The Bertz CT molecular complexity index is 682. The van der Waals surface area contributed by atoms with E-state index in [-0.39, 0.29) is 17.8 Å². The minimum atomic E-state index is -0.0848. The monoisotopic (exact) mass is 393 g/mol. The van der Waals surface area contributed by atoms with E-state index >= 15 is 0 Å². The Hall–Kier alpha value is -1.22. The number of halogens is 2. The molecule has 2 nitrogen and oxygen atoms in total. The lowest BCUT2D eigenvalue weighted by molar-refractivity contribution is 0.252. The molecular formula is C22H29Cl2NO. The van der Waals surface area contributed by atoms with Crippen LogP contribution in [0.2, 0.25) is 5.02 Å². The third-order valence-electron chi connectivity index (χ3n) is 5.39. The quantitative estimate of drug-likeness (QED) is 0.663. The molecule has 0 radical (unpaired) electrons. The second kappa shape index (κ2) is 9.64. The summed E-state index contributed by atoms with van der Waals surface area (Å²) >= 11 is 6.51. The molecule has 1 fully saturated rings. The normalized spacial score (nSPS) is 15.3. The molecule has 0 bridgehead atoms. The molecule has 1 aliphatic rings. The van der Waals surface area contributed by atoms with Gasteiger partial charge in [0.25, 0.3) is 0 Å². The number of ether oxygens (including phenoxy) is 1. The fraction of sp³-hybridized carbons (Fsp3) is 0.455. The molecule has 2 aromatic rings. The molecule has 0 amide bonds. The lowest BCUT2D eigenvalue weighted by Crippen LogP contribution is -2.28. The average Bonchev–Trinajstić information content (AvgIpc) is 2.64. The Morgan fingerprint density at radius 3 is 2.38 bits per heavy atom. The van der Waals surface area contributed by atoms with Gasteiger partial charge in [-0.2, -0.15) is 0 Å². The van der Waals surface area contributed by atoms with Gasteiger partial charge in [-0.25, -0.2) is 0 Å². The van der Waals surface area contributed by atoms with Crippen LogP contribution < -0.4 is 10.1 Å². The van der Waals surface area contributed by atoms with Gasteiger partial charge in [0, 0.05) is 5.41 Å². The van der Waals surface area contributed by atoms with Crippen molar-refractivity contribution in [2.24, 2.45) is 5.92 Å². The molecule has 1 N–H and O–H groups in total. The lowest BCUT2D eigenvalue weighted by Gasteiger charge is -2.27. The first-order valence-corrected chi connectivity index (χ1v) is 9.64. The highest BCUT2D eigenvalue weighted by atomic mass is 35.5. The summed E-state index contributed by atoms with van der Waals surface area (Å²) in [6, 6.07) is 16.7. The molecule has 26 heavy (non-hydrogen) atoms. The third-order valence-corrected chi connectivity index (χ3v) is 5.69. The number of hydrogen-bond acceptors (Lipinski definition) is 2. The molecule has 1 saturated heterocycles. The second-order valence-corrected chi connectivity index (χ2v) is 7.87. The second-order valence-electron chi connectivity index (χ2n) is 7.47. The molecule has 1 heterocycles. The number of piperidine rings is 1. The highest BCUT2D eigenvalue weighted by Crippen LogP contribution is 2.35. The van der Waals surface area contributed by atoms with E-state index in [0.717, 1.165) is 37.8 Å². The van der Waals surface area contributed by atoms with E-state index in [9.17, 15) is 0 Å². The molecule has 3 rings (SSSR count). The van der Waals surface area contributed by atoms with Crippen LogP contribution in [0, 0.1) is 5.92 Å². The summed E-state index contributed by atoms with van der Waals surface area (Å²) in [7, 11) is 0. The van der Waals surface area contributed by atoms with Crippen LogP contribution >= 0.6 is 24.0 Å². The maximum absolute atomic E-state index is 6.51. The Kier molecular flexibility index (Phi) is 7.82. The lowest BCUT2D eigenvalue weighted by atomic mass is 9.78. The molecule has 0 unspecified atom stereocenters. The van der Waals surface area contributed by atoms with E-state index < -0.39 is 0 Å². The summed E-state index contributed by atoms with van der Waals surface area (Å²) in [5.74, 6) is 1.57. The van der Waals surface area contributed by atoms with Crippen LogP contribution in [0.3, 0.4) is 0 Å². The van der Waals surface area contributed by atoms with Gasteiger partial charge in [0.1, 0.15) is 5.75 Å². The van der Waals surface area contributed by atoms with Crippen molar-refractivity contribution in [3.63, 3.8) is 0 Å². The molecule has 142 valence electrons. The van der Waals surface area contributed by atoms with Gasteiger partial charge in [0.2, 0.25) is 0 Å². The van der Waals surface area contributed by atoms with E-state index in [1.54, 1.807) is 0 Å². The van der Waals surface area contributed by atoms with Crippen molar-refractivity contribution in [2.75, 3.05) is 19.7 Å². The first kappa shape index (κ1) is 21.1. The Labute approximate surface area is 168 Å². The predicted octanol–water partition coefficient (Wildman–Crippen LogP) is 5.86. The number of hydrogen-bond donors (Lipinski definition) is 1. The van der Waals surface area contributed by atoms with Gasteiger partial charge in [-0.05, 0) is 61.5 Å². The van der Waals surface area contributed by atoms with Crippen LogP contribution in [0.5, 0.6) is 5.75 Å². The van der Waals surface area contributed by atoms with Crippen molar-refractivity contribution in [1.82, 2.24) is 5.32 Å². The zero-order valence-electron chi connectivity index (χ0n) is 15.6. The highest BCUT2D eigenvalue weighted by Gasteiger charge is 2.23. The molecule has 4 heteroatoms. The topological polar surface area (TPSA) is 21.3 Å². The minimum Gasteiger partial charge on any atom is -0.492 e. The highest BCUT2D eigenvalue weighted by molar-refractivity contribution is 6.32. The molecule has 0 saturated carbocycles. The van der Waals surface area contributed by atoms with Crippen molar-refractivity contribution in [1.29, 1.82) is 0 Å². The maximum Gasteiger partial charge on any atom is 0.137 e. The Balaban J connectivity index is 0.00000243. The van der Waals surface area contributed by atoms with Gasteiger partial charge in [0.15, 0.2) is 0 Å². The number of benzene rings is 2. The summed E-state index contributed by atoms with van der Waals surface area (Å²) in [6.07, 6.45) is 3.61. The summed E-state index contributed by atoms with van der Waals surface area (Å²) in [5, 5.41) is 4.10. The molecule has 0 spiro atoms. The number of rotatable bonds is 6. The Morgan fingerprint density at radius 2 is 1.73 bits per heavy atom. The first-order chi connectivity index (χ1) is 12.1. The van der Waals surface area contributed by atoms with Crippen LogP contribution in [0.1, 0.15) is 44.2 Å². The summed E-state index contributed by atoms with van der Waals surface area (Å²) in [6.45, 7) is 7.46. The summed E-state index contributed by atoms with van der Waals surface area (Å²) in [5.41, 5.74) is 2.40. The van der Waals surface area contributed by atoms with Crippen molar-refractivity contribution >= 4 is 24.0 Å². The fourth-order valence-electron chi connectivity index (χ4n) is 3.53. The van der Waals surface area contributed by atoms with Crippen molar-refractivity contribution in [3.05, 3.63) is 64.7 Å². The van der Waals surface area contributed by atoms with Crippen LogP contribution in [-0.4, -0.2) is 19.7 Å². The van der Waals surface area contributed by atoms with Crippen molar-refractivity contribution in [2.45, 2.75) is 38.5 Å². The van der Waals surface area contributed by atoms with Gasteiger partial charge in [-0.3, -0.25) is 0 Å². The predicted molar refractivity (Wildman–Crippen MR) is 113 cm³/mol. The standard InChI is InChI=1S/C22H28ClNO.ClH/c1-22(2,18-6-4-3-5-7-18)19-8-9-21(20(23)16-19)25-15-12-17-10-13-24-14-11-17;/h3-9,16-17,24H,10-15H2,1-2H3;1H. The summed E-state index contributed by atoms with van der Waals surface area (Å²) < 4.78 is 5.96. The van der Waals surface area contributed by atoms with Gasteiger partial charge >= 0.3 is 0 Å². The smallest absolute Gasteiger partial charge is 0.137 e. The average molecular weight is 394 g/mol. The fourth-order valence-corrected chi connectivity index (χ4v) is 3.77. The molecule has 2 aromatic carbocycles. The van der Waals surface area contributed by atoms with Crippen molar-refractivity contribution in [3.8, 4) is 5.75 Å². The minimum absolute atomic E-state index is 0. The van der Waals surface area contributed by atoms with Gasteiger partial charge in [0.05, 0.1) is 11.6 Å². The van der Waals surface area contributed by atoms with Gasteiger partial charge in [-0.1, -0.05) is 61.8 Å². The van der Waals surface area contributed by atoms with Crippen LogP contribution in [-0.2, 0) is 5.41 Å². The van der Waals surface area contributed by atoms with E-state index in [0.29, 0.717) is 5.02 Å². The van der Waals surface area contributed by atoms with Gasteiger partial charge < -0.3 is 10.1 Å². The Morgan fingerprint density at radius 1 is 1.04 bits per heavy atom. The van der Waals surface area contributed by atoms with Crippen LogP contribution in [0.25, 0.3) is 0 Å². The van der Waals surface area contributed by atoms with Crippen LogP contribution in [0.4, 0.5) is 0 Å². The van der Waals surface area contributed by atoms with Crippen LogP contribution in [0.15, 0.2) is 48.5 Å². The maximum atomic E-state index is 6.51. The van der Waals surface area contributed by atoms with E-state index in [1.807, 2.05) is 12.1 Å². The van der Waals surface area contributed by atoms with E-state index in [4.69, 9.17) is 16.3 Å². The largest absolute Gasteiger partial charge is 0.492 e. The molecule has 1 aliphatic heterocycles. The first-order valence-electron chi connectivity index (χ1n) is 9.26. The van der Waals surface area contributed by atoms with E-state index in [1.165, 1.54) is 24.0 Å².